The quantitative estimate of drug-likeness (QED) is 0.0843. The number of aliphatic carboxylic acids is 1. The Morgan fingerprint density at radius 1 is 0.881 bits per heavy atom. The van der Waals surface area contributed by atoms with E-state index >= 15 is 0 Å². The number of benzene rings is 1. The van der Waals surface area contributed by atoms with Crippen molar-refractivity contribution in [2.75, 3.05) is 30.9 Å². The van der Waals surface area contributed by atoms with Gasteiger partial charge in [0.2, 0.25) is 29.5 Å². The first-order chi connectivity index (χ1) is 19.8. The minimum atomic E-state index is -1.21. The van der Waals surface area contributed by atoms with E-state index in [4.69, 9.17) is 5.73 Å². The molecular formula is C26H40N6O8S2. The van der Waals surface area contributed by atoms with E-state index < -0.39 is 72.8 Å². The van der Waals surface area contributed by atoms with Gasteiger partial charge in [-0.25, -0.2) is 4.79 Å². The van der Waals surface area contributed by atoms with Gasteiger partial charge in [-0.05, 0) is 42.0 Å². The minimum Gasteiger partial charge on any atom is -0.508 e. The van der Waals surface area contributed by atoms with Crippen molar-refractivity contribution in [2.24, 2.45) is 11.7 Å². The Labute approximate surface area is 254 Å². The van der Waals surface area contributed by atoms with Crippen LogP contribution in [0.2, 0.25) is 0 Å². The van der Waals surface area contributed by atoms with Crippen LogP contribution in [0.25, 0.3) is 0 Å². The SMILES string of the molecule is CSCC[C@H](NC(=O)[C@@H](N)CS)C(=O)N[C@@H](Cc1ccc(O)cc1)C(=O)NCC(=O)NCC(=O)N[C@H](C(=O)O)C(C)C. The third-order valence-electron chi connectivity index (χ3n) is 5.90. The van der Waals surface area contributed by atoms with Crippen molar-refractivity contribution in [2.45, 2.75) is 50.9 Å². The summed E-state index contributed by atoms with van der Waals surface area (Å²) in [5, 5.41) is 31.0. The predicted molar refractivity (Wildman–Crippen MR) is 161 cm³/mol. The van der Waals surface area contributed by atoms with Gasteiger partial charge in [0.05, 0.1) is 19.1 Å². The van der Waals surface area contributed by atoms with E-state index in [-0.39, 0.29) is 30.3 Å². The summed E-state index contributed by atoms with van der Waals surface area (Å²) in [6.07, 6.45) is 2.09. The Morgan fingerprint density at radius 2 is 1.48 bits per heavy atom. The van der Waals surface area contributed by atoms with Crippen LogP contribution in [-0.4, -0.2) is 101 Å². The van der Waals surface area contributed by atoms with Crippen molar-refractivity contribution in [1.82, 2.24) is 26.6 Å². The summed E-state index contributed by atoms with van der Waals surface area (Å²) >= 11 is 5.46. The average Bonchev–Trinajstić information content (AvgIpc) is 2.95. The zero-order chi connectivity index (χ0) is 31.8. The van der Waals surface area contributed by atoms with Crippen LogP contribution in [0.5, 0.6) is 5.75 Å². The van der Waals surface area contributed by atoms with Crippen molar-refractivity contribution in [1.29, 1.82) is 0 Å². The highest BCUT2D eigenvalue weighted by Crippen LogP contribution is 2.12. The molecule has 0 saturated heterocycles. The van der Waals surface area contributed by atoms with Gasteiger partial charge in [0.1, 0.15) is 23.9 Å². The number of carboxylic acid groups (broad SMARTS) is 1. The van der Waals surface area contributed by atoms with Crippen LogP contribution < -0.4 is 32.3 Å². The van der Waals surface area contributed by atoms with Crippen LogP contribution in [0, 0.1) is 5.92 Å². The van der Waals surface area contributed by atoms with Crippen LogP contribution in [0.4, 0.5) is 0 Å². The summed E-state index contributed by atoms with van der Waals surface area (Å²) in [7, 11) is 0. The highest BCUT2D eigenvalue weighted by Gasteiger charge is 2.28. The fraction of sp³-hybridized carbons (Fsp3) is 0.538. The number of amides is 5. The molecule has 234 valence electrons. The zero-order valence-electron chi connectivity index (χ0n) is 23.7. The number of carbonyl (C=O) groups is 6. The van der Waals surface area contributed by atoms with Gasteiger partial charge in [0.15, 0.2) is 0 Å². The van der Waals surface area contributed by atoms with Crippen molar-refractivity contribution in [3.05, 3.63) is 29.8 Å². The van der Waals surface area contributed by atoms with Crippen molar-refractivity contribution in [3.63, 3.8) is 0 Å². The Kier molecular flexibility index (Phi) is 16.4. The molecule has 0 fully saturated rings. The second-order valence-corrected chi connectivity index (χ2v) is 11.0. The number of thioether (sulfide) groups is 1. The number of rotatable bonds is 18. The summed E-state index contributed by atoms with van der Waals surface area (Å²) in [5.74, 6) is -4.36. The number of thiol groups is 1. The molecule has 0 radical (unpaired) electrons. The lowest BCUT2D eigenvalue weighted by atomic mass is 10.0. The Hall–Kier alpha value is -3.50. The highest BCUT2D eigenvalue weighted by atomic mass is 32.2. The highest BCUT2D eigenvalue weighted by molar-refractivity contribution is 7.98. The van der Waals surface area contributed by atoms with Crippen LogP contribution in [0.1, 0.15) is 25.8 Å². The van der Waals surface area contributed by atoms with Gasteiger partial charge in [0, 0.05) is 12.2 Å². The molecule has 0 aromatic heterocycles. The maximum absolute atomic E-state index is 13.2. The normalized spacial score (nSPS) is 13.7. The second kappa shape index (κ2) is 18.8. The summed E-state index contributed by atoms with van der Waals surface area (Å²) in [6, 6.07) is 1.73. The number of phenolic OH excluding ortho intramolecular Hbond substituents is 1. The molecule has 0 heterocycles. The summed E-state index contributed by atoms with van der Waals surface area (Å²) < 4.78 is 0. The van der Waals surface area contributed by atoms with Crippen LogP contribution >= 0.6 is 24.4 Å². The van der Waals surface area contributed by atoms with Crippen LogP contribution in [0.15, 0.2) is 24.3 Å². The Morgan fingerprint density at radius 3 is 2.02 bits per heavy atom. The smallest absolute Gasteiger partial charge is 0.326 e. The molecule has 0 saturated carbocycles. The maximum Gasteiger partial charge on any atom is 0.326 e. The van der Waals surface area contributed by atoms with Crippen LogP contribution in [-0.2, 0) is 35.2 Å². The van der Waals surface area contributed by atoms with Crippen LogP contribution in [0.3, 0.4) is 0 Å². The Bertz CT molecular complexity index is 1090. The third kappa shape index (κ3) is 13.4. The lowest BCUT2D eigenvalue weighted by Gasteiger charge is -2.24. The van der Waals surface area contributed by atoms with Crippen molar-refractivity contribution >= 4 is 59.9 Å². The molecule has 42 heavy (non-hydrogen) atoms. The molecule has 1 aromatic carbocycles. The number of phenols is 1. The second-order valence-electron chi connectivity index (χ2n) is 9.69. The number of nitrogens with two attached hydrogens (primary N) is 1. The fourth-order valence-corrected chi connectivity index (χ4v) is 4.12. The van der Waals surface area contributed by atoms with E-state index in [2.05, 4.69) is 39.2 Å². The van der Waals surface area contributed by atoms with Crippen molar-refractivity contribution < 1.29 is 39.0 Å². The summed E-state index contributed by atoms with van der Waals surface area (Å²) in [4.78, 5) is 74.2. The van der Waals surface area contributed by atoms with E-state index in [1.165, 1.54) is 23.9 Å². The zero-order valence-corrected chi connectivity index (χ0v) is 25.4. The molecule has 0 bridgehead atoms. The number of hydrogen-bond acceptors (Lipinski definition) is 10. The van der Waals surface area contributed by atoms with E-state index in [9.17, 15) is 39.0 Å². The lowest BCUT2D eigenvalue weighted by molar-refractivity contribution is -0.143. The number of nitrogens with one attached hydrogen (secondary N) is 5. The van der Waals surface area contributed by atoms with E-state index in [1.807, 2.05) is 6.26 Å². The minimum absolute atomic E-state index is 0.00694. The molecule has 1 rings (SSSR count). The number of aromatic hydroxyl groups is 1. The number of hydrogen-bond donors (Lipinski definition) is 9. The largest absolute Gasteiger partial charge is 0.508 e. The maximum atomic E-state index is 13.2. The van der Waals surface area contributed by atoms with Gasteiger partial charge in [-0.2, -0.15) is 24.4 Å². The van der Waals surface area contributed by atoms with E-state index in [0.29, 0.717) is 11.3 Å². The van der Waals surface area contributed by atoms with Gasteiger partial charge in [0.25, 0.3) is 0 Å². The molecule has 0 unspecified atom stereocenters. The number of carboxylic acids is 1. The van der Waals surface area contributed by atoms with Gasteiger partial charge in [-0.15, -0.1) is 0 Å². The first-order valence-corrected chi connectivity index (χ1v) is 15.1. The lowest BCUT2D eigenvalue weighted by Crippen LogP contribution is -2.57. The standard InChI is InChI=1S/C26H40N6O8S2/c1-14(2)22(26(39)40)32-21(35)12-28-20(34)11-29-24(37)19(10-15-4-6-16(33)7-5-15)31-25(38)18(8-9-42-3)30-23(36)17(27)13-41/h4-7,14,17-19,22,33,41H,8-13,27H2,1-3H3,(H,28,34)(H,29,37)(H,30,36)(H,31,38)(H,32,35)(H,39,40)/t17-,18-,19-,22-/m0/s1. The van der Waals surface area contributed by atoms with Crippen molar-refractivity contribution in [3.8, 4) is 5.75 Å². The van der Waals surface area contributed by atoms with Gasteiger partial charge in [-0.1, -0.05) is 26.0 Å². The predicted octanol–water partition coefficient (Wildman–Crippen LogP) is -1.63. The molecule has 0 aliphatic heterocycles. The van der Waals surface area contributed by atoms with Gasteiger partial charge < -0.3 is 42.5 Å². The Balaban J connectivity index is 2.91. The molecule has 1 aromatic rings. The molecule has 16 heteroatoms. The summed E-state index contributed by atoms with van der Waals surface area (Å²) in [5.41, 5.74) is 6.31. The molecule has 0 aliphatic rings. The monoisotopic (exact) mass is 628 g/mol. The molecule has 9 N–H and O–H groups in total. The molecule has 5 amide bonds. The molecule has 0 aliphatic carbocycles. The number of carbonyl (C=O) groups excluding carboxylic acids is 5. The van der Waals surface area contributed by atoms with Gasteiger partial charge in [-0.3, -0.25) is 24.0 Å². The van der Waals surface area contributed by atoms with E-state index in [0.717, 1.165) is 0 Å². The average molecular weight is 629 g/mol. The molecule has 4 atom stereocenters. The van der Waals surface area contributed by atoms with E-state index in [1.54, 1.807) is 26.0 Å². The molecular weight excluding hydrogens is 588 g/mol. The fourth-order valence-electron chi connectivity index (χ4n) is 3.49. The first kappa shape index (κ1) is 36.5. The third-order valence-corrected chi connectivity index (χ3v) is 6.94. The molecule has 14 nitrogen and oxygen atoms in total. The molecule has 0 spiro atoms. The first-order valence-electron chi connectivity index (χ1n) is 13.1. The summed E-state index contributed by atoms with van der Waals surface area (Å²) in [6.45, 7) is 2.20. The topological polar surface area (TPSA) is 229 Å². The van der Waals surface area contributed by atoms with Gasteiger partial charge >= 0.3 is 5.97 Å².